The Morgan fingerprint density at radius 2 is 2.05 bits per heavy atom. The van der Waals surface area contributed by atoms with Crippen LogP contribution in [0.25, 0.3) is 0 Å². The number of hydrogen-bond acceptors (Lipinski definition) is 3. The summed E-state index contributed by atoms with van der Waals surface area (Å²) < 4.78 is 29.0. The summed E-state index contributed by atoms with van der Waals surface area (Å²) in [4.78, 5) is 0.258. The number of halogens is 1. The van der Waals surface area contributed by atoms with Gasteiger partial charge in [-0.25, -0.2) is 13.1 Å². The SMILES string of the molecule is O=S(=O)(NCCCn1cccn1)c1ccccc1Br. The predicted octanol–water partition coefficient (Wildman–Crippen LogP) is 2.01. The van der Waals surface area contributed by atoms with Gasteiger partial charge in [-0.05, 0) is 40.5 Å². The highest BCUT2D eigenvalue weighted by Crippen LogP contribution is 2.20. The molecule has 19 heavy (non-hydrogen) atoms. The molecule has 0 aliphatic carbocycles. The van der Waals surface area contributed by atoms with Gasteiger partial charge in [-0.3, -0.25) is 4.68 Å². The molecule has 1 N–H and O–H groups in total. The van der Waals surface area contributed by atoms with E-state index < -0.39 is 10.0 Å². The molecule has 102 valence electrons. The Labute approximate surface area is 120 Å². The van der Waals surface area contributed by atoms with Crippen molar-refractivity contribution in [3.63, 3.8) is 0 Å². The minimum atomic E-state index is -3.46. The number of sulfonamides is 1. The van der Waals surface area contributed by atoms with E-state index in [0.717, 1.165) is 0 Å². The Morgan fingerprint density at radius 1 is 1.26 bits per heavy atom. The van der Waals surface area contributed by atoms with Crippen LogP contribution in [0.1, 0.15) is 6.42 Å². The van der Waals surface area contributed by atoms with Gasteiger partial charge in [0, 0.05) is 30.0 Å². The summed E-state index contributed by atoms with van der Waals surface area (Å²) in [5.74, 6) is 0. The molecule has 0 spiro atoms. The number of nitrogens with one attached hydrogen (secondary N) is 1. The molecule has 5 nitrogen and oxygen atoms in total. The van der Waals surface area contributed by atoms with E-state index in [2.05, 4.69) is 25.8 Å². The van der Waals surface area contributed by atoms with E-state index in [4.69, 9.17) is 0 Å². The summed E-state index contributed by atoms with van der Waals surface area (Å²) in [6.07, 6.45) is 4.24. The molecule has 0 saturated heterocycles. The van der Waals surface area contributed by atoms with E-state index >= 15 is 0 Å². The van der Waals surface area contributed by atoms with Crippen LogP contribution in [0.15, 0.2) is 52.1 Å². The number of aromatic nitrogens is 2. The van der Waals surface area contributed by atoms with Gasteiger partial charge < -0.3 is 0 Å². The van der Waals surface area contributed by atoms with Crippen LogP contribution in [0.4, 0.5) is 0 Å². The molecular formula is C12H14BrN3O2S. The Morgan fingerprint density at radius 3 is 2.74 bits per heavy atom. The first-order chi connectivity index (χ1) is 9.09. The van der Waals surface area contributed by atoms with Crippen molar-refractivity contribution in [3.05, 3.63) is 47.2 Å². The van der Waals surface area contributed by atoms with Crippen LogP contribution >= 0.6 is 15.9 Å². The van der Waals surface area contributed by atoms with Gasteiger partial charge in [0.05, 0.1) is 4.90 Å². The summed E-state index contributed by atoms with van der Waals surface area (Å²) in [6.45, 7) is 1.06. The Balaban J connectivity index is 1.90. The minimum Gasteiger partial charge on any atom is -0.273 e. The highest BCUT2D eigenvalue weighted by Gasteiger charge is 2.15. The lowest BCUT2D eigenvalue weighted by atomic mass is 10.4. The molecule has 2 aromatic rings. The van der Waals surface area contributed by atoms with E-state index in [0.29, 0.717) is 24.0 Å². The summed E-state index contributed by atoms with van der Waals surface area (Å²) in [6, 6.07) is 8.59. The number of nitrogens with zero attached hydrogens (tertiary/aromatic N) is 2. The third kappa shape index (κ3) is 3.89. The fourth-order valence-corrected chi connectivity index (χ4v) is 3.70. The Bertz CT molecular complexity index is 626. The molecular weight excluding hydrogens is 330 g/mol. The smallest absolute Gasteiger partial charge is 0.241 e. The van der Waals surface area contributed by atoms with Crippen LogP contribution < -0.4 is 4.72 Å². The third-order valence-electron chi connectivity index (χ3n) is 2.54. The van der Waals surface area contributed by atoms with Crippen LogP contribution in [0.5, 0.6) is 0 Å². The van der Waals surface area contributed by atoms with Crippen LogP contribution in [-0.2, 0) is 16.6 Å². The molecule has 0 unspecified atom stereocenters. The highest BCUT2D eigenvalue weighted by atomic mass is 79.9. The molecule has 7 heteroatoms. The molecule has 0 saturated carbocycles. The number of rotatable bonds is 6. The van der Waals surface area contributed by atoms with E-state index in [9.17, 15) is 8.42 Å². The lowest BCUT2D eigenvalue weighted by molar-refractivity contribution is 0.552. The normalized spacial score (nSPS) is 11.6. The van der Waals surface area contributed by atoms with E-state index in [1.807, 2.05) is 12.3 Å². The van der Waals surface area contributed by atoms with Crippen LogP contribution in [-0.4, -0.2) is 24.7 Å². The van der Waals surface area contributed by atoms with Gasteiger partial charge in [-0.15, -0.1) is 0 Å². The monoisotopic (exact) mass is 343 g/mol. The van der Waals surface area contributed by atoms with E-state index in [1.54, 1.807) is 35.1 Å². The highest BCUT2D eigenvalue weighted by molar-refractivity contribution is 9.10. The molecule has 1 aromatic carbocycles. The quantitative estimate of drug-likeness (QED) is 0.816. The molecule has 0 amide bonds. The molecule has 0 radical (unpaired) electrons. The Hall–Kier alpha value is -1.18. The average molecular weight is 344 g/mol. The molecule has 1 heterocycles. The summed E-state index contributed by atoms with van der Waals surface area (Å²) in [5.41, 5.74) is 0. The van der Waals surface area contributed by atoms with Crippen molar-refractivity contribution in [1.29, 1.82) is 0 Å². The lowest BCUT2D eigenvalue weighted by Crippen LogP contribution is -2.25. The number of hydrogen-bond donors (Lipinski definition) is 1. The molecule has 2 rings (SSSR count). The average Bonchev–Trinajstić information content (AvgIpc) is 2.88. The zero-order valence-electron chi connectivity index (χ0n) is 10.2. The molecule has 0 fully saturated rings. The first kappa shape index (κ1) is 14.2. The second-order valence-electron chi connectivity index (χ2n) is 3.95. The van der Waals surface area contributed by atoms with Crippen molar-refractivity contribution in [3.8, 4) is 0 Å². The summed E-state index contributed by atoms with van der Waals surface area (Å²) >= 11 is 3.24. The van der Waals surface area contributed by atoms with Gasteiger partial charge in [0.1, 0.15) is 0 Å². The second-order valence-corrected chi connectivity index (χ2v) is 6.54. The maximum absolute atomic E-state index is 12.1. The molecule has 0 atom stereocenters. The van der Waals surface area contributed by atoms with Gasteiger partial charge in [-0.1, -0.05) is 12.1 Å². The fourth-order valence-electron chi connectivity index (χ4n) is 1.62. The van der Waals surface area contributed by atoms with E-state index in [1.165, 1.54) is 0 Å². The van der Waals surface area contributed by atoms with Gasteiger partial charge in [0.15, 0.2) is 0 Å². The first-order valence-electron chi connectivity index (χ1n) is 5.81. The molecule has 0 bridgehead atoms. The minimum absolute atomic E-state index is 0.258. The van der Waals surface area contributed by atoms with Crippen molar-refractivity contribution in [2.24, 2.45) is 0 Å². The van der Waals surface area contributed by atoms with Gasteiger partial charge >= 0.3 is 0 Å². The summed E-state index contributed by atoms with van der Waals surface area (Å²) in [5, 5.41) is 4.05. The number of aryl methyl sites for hydroxylation is 1. The fraction of sp³-hybridized carbons (Fsp3) is 0.250. The van der Waals surface area contributed by atoms with Crippen molar-refractivity contribution < 1.29 is 8.42 Å². The molecule has 1 aromatic heterocycles. The Kier molecular flexibility index (Phi) is 4.73. The van der Waals surface area contributed by atoms with Crippen LogP contribution in [0, 0.1) is 0 Å². The van der Waals surface area contributed by atoms with Crippen molar-refractivity contribution in [2.45, 2.75) is 17.9 Å². The lowest BCUT2D eigenvalue weighted by Gasteiger charge is -2.08. The van der Waals surface area contributed by atoms with Crippen molar-refractivity contribution in [2.75, 3.05) is 6.54 Å². The second kappa shape index (κ2) is 6.31. The standard InChI is InChI=1S/C12H14BrN3O2S/c13-11-5-1-2-6-12(11)19(17,18)15-8-4-10-16-9-3-7-14-16/h1-3,5-7,9,15H,4,8,10H2. The van der Waals surface area contributed by atoms with Gasteiger partial charge in [0.25, 0.3) is 0 Å². The molecule has 0 aliphatic heterocycles. The topological polar surface area (TPSA) is 64.0 Å². The summed E-state index contributed by atoms with van der Waals surface area (Å²) in [7, 11) is -3.46. The predicted molar refractivity (Wildman–Crippen MR) is 76.2 cm³/mol. The van der Waals surface area contributed by atoms with Gasteiger partial charge in [0.2, 0.25) is 10.0 Å². The maximum atomic E-state index is 12.1. The van der Waals surface area contributed by atoms with Crippen molar-refractivity contribution >= 4 is 26.0 Å². The van der Waals surface area contributed by atoms with Crippen molar-refractivity contribution in [1.82, 2.24) is 14.5 Å². The molecule has 0 aliphatic rings. The zero-order valence-corrected chi connectivity index (χ0v) is 12.6. The van der Waals surface area contributed by atoms with Crippen LogP contribution in [0.3, 0.4) is 0 Å². The maximum Gasteiger partial charge on any atom is 0.241 e. The van der Waals surface area contributed by atoms with E-state index in [-0.39, 0.29) is 4.90 Å². The largest absolute Gasteiger partial charge is 0.273 e. The zero-order chi connectivity index (χ0) is 13.7. The third-order valence-corrected chi connectivity index (χ3v) is 5.01. The first-order valence-corrected chi connectivity index (χ1v) is 8.09. The van der Waals surface area contributed by atoms with Gasteiger partial charge in [-0.2, -0.15) is 5.10 Å². The van der Waals surface area contributed by atoms with Crippen LogP contribution in [0.2, 0.25) is 0 Å². The number of benzene rings is 1.